The lowest BCUT2D eigenvalue weighted by molar-refractivity contribution is 0.382. The van der Waals surface area contributed by atoms with Crippen molar-refractivity contribution in [2.24, 2.45) is 0 Å². The first-order chi connectivity index (χ1) is 12.6. The van der Waals surface area contributed by atoms with E-state index >= 15 is 0 Å². The van der Waals surface area contributed by atoms with Gasteiger partial charge in [-0.05, 0) is 34.7 Å². The number of piperazine rings is 1. The smallest absolute Gasteiger partial charge is 0.243 e. The van der Waals surface area contributed by atoms with Gasteiger partial charge in [0.25, 0.3) is 0 Å². The van der Waals surface area contributed by atoms with Gasteiger partial charge in [0.15, 0.2) is 0 Å². The average Bonchev–Trinajstić information content (AvgIpc) is 3.24. The molecule has 4 rings (SSSR count). The zero-order chi connectivity index (χ0) is 18.0. The van der Waals surface area contributed by atoms with E-state index in [0.717, 1.165) is 0 Å². The van der Waals surface area contributed by atoms with Gasteiger partial charge in [0.05, 0.1) is 10.6 Å². The Hall–Kier alpha value is -2.92. The van der Waals surface area contributed by atoms with Gasteiger partial charge in [0, 0.05) is 38.6 Å². The molecule has 1 saturated heterocycles. The number of anilines is 1. The van der Waals surface area contributed by atoms with Gasteiger partial charge in [-0.1, -0.05) is 6.07 Å². The van der Waals surface area contributed by atoms with E-state index in [-0.39, 0.29) is 4.90 Å². The fourth-order valence-corrected chi connectivity index (χ4v) is 4.26. The lowest BCUT2D eigenvalue weighted by Gasteiger charge is -2.33. The molecule has 11 heteroatoms. The summed E-state index contributed by atoms with van der Waals surface area (Å²) in [6.45, 7) is 1.82. The third kappa shape index (κ3) is 3.13. The number of nitrogens with zero attached hydrogens (tertiary/aromatic N) is 8. The summed E-state index contributed by atoms with van der Waals surface area (Å²) in [5.74, 6) is 0.616. The SMILES string of the molecule is O=S(=O)(c1cccc(-n2cnnn2)c1)N1CCN(c2ncccn2)CC1. The fourth-order valence-electron chi connectivity index (χ4n) is 2.80. The summed E-state index contributed by atoms with van der Waals surface area (Å²) < 4.78 is 28.8. The highest BCUT2D eigenvalue weighted by atomic mass is 32.2. The van der Waals surface area contributed by atoms with Gasteiger partial charge in [0.1, 0.15) is 6.33 Å². The minimum atomic E-state index is -3.60. The summed E-state index contributed by atoms with van der Waals surface area (Å²) in [4.78, 5) is 10.6. The molecule has 3 heterocycles. The molecule has 0 aliphatic carbocycles. The van der Waals surface area contributed by atoms with Crippen molar-refractivity contribution in [3.63, 3.8) is 0 Å². The Bertz CT molecular complexity index is 970. The van der Waals surface area contributed by atoms with Gasteiger partial charge in [-0.3, -0.25) is 0 Å². The van der Waals surface area contributed by atoms with E-state index in [9.17, 15) is 8.42 Å². The summed E-state index contributed by atoms with van der Waals surface area (Å²) in [7, 11) is -3.60. The van der Waals surface area contributed by atoms with Crippen LogP contribution < -0.4 is 4.90 Å². The van der Waals surface area contributed by atoms with Crippen molar-refractivity contribution in [1.29, 1.82) is 0 Å². The van der Waals surface area contributed by atoms with Crippen molar-refractivity contribution in [3.8, 4) is 5.69 Å². The second-order valence-electron chi connectivity index (χ2n) is 5.69. The molecule has 0 amide bonds. The third-order valence-electron chi connectivity index (χ3n) is 4.14. The van der Waals surface area contributed by atoms with Crippen LogP contribution in [0, 0.1) is 0 Å². The van der Waals surface area contributed by atoms with Gasteiger partial charge in [-0.15, -0.1) is 5.10 Å². The molecule has 0 bridgehead atoms. The molecule has 1 aliphatic rings. The van der Waals surface area contributed by atoms with E-state index in [2.05, 4.69) is 25.5 Å². The summed E-state index contributed by atoms with van der Waals surface area (Å²) in [5, 5.41) is 10.9. The largest absolute Gasteiger partial charge is 0.338 e. The zero-order valence-electron chi connectivity index (χ0n) is 13.7. The minimum Gasteiger partial charge on any atom is -0.338 e. The standard InChI is InChI=1S/C15H16N8O2S/c24-26(25,14-4-1-3-13(11-14)23-12-18-19-20-23)22-9-7-21(8-10-22)15-16-5-2-6-17-15/h1-6,11-12H,7-10H2. The van der Waals surface area contributed by atoms with Gasteiger partial charge < -0.3 is 4.90 Å². The van der Waals surface area contributed by atoms with E-state index < -0.39 is 10.0 Å². The Kier molecular flexibility index (Phi) is 4.31. The summed E-state index contributed by atoms with van der Waals surface area (Å²) in [5.41, 5.74) is 0.590. The molecule has 1 aliphatic heterocycles. The fraction of sp³-hybridized carbons (Fsp3) is 0.267. The van der Waals surface area contributed by atoms with E-state index in [1.54, 1.807) is 42.7 Å². The van der Waals surface area contributed by atoms with Crippen LogP contribution >= 0.6 is 0 Å². The van der Waals surface area contributed by atoms with Crippen LogP contribution in [0.2, 0.25) is 0 Å². The first-order valence-corrected chi connectivity index (χ1v) is 9.44. The molecular weight excluding hydrogens is 356 g/mol. The molecule has 1 fully saturated rings. The first kappa shape index (κ1) is 16.5. The van der Waals surface area contributed by atoms with Crippen LogP contribution in [0.3, 0.4) is 0 Å². The van der Waals surface area contributed by atoms with E-state index in [4.69, 9.17) is 0 Å². The quantitative estimate of drug-likeness (QED) is 0.628. The van der Waals surface area contributed by atoms with E-state index in [1.807, 2.05) is 4.90 Å². The molecular formula is C15H16N8O2S. The van der Waals surface area contributed by atoms with Crippen LogP contribution in [0.15, 0.2) is 53.9 Å². The number of tetrazole rings is 1. The molecule has 3 aromatic rings. The maximum absolute atomic E-state index is 13.0. The molecule has 0 unspecified atom stereocenters. The second kappa shape index (κ2) is 6.77. The van der Waals surface area contributed by atoms with Crippen molar-refractivity contribution < 1.29 is 8.42 Å². The monoisotopic (exact) mass is 372 g/mol. The topological polar surface area (TPSA) is 110 Å². The maximum Gasteiger partial charge on any atom is 0.243 e. The Balaban J connectivity index is 1.52. The second-order valence-corrected chi connectivity index (χ2v) is 7.63. The minimum absolute atomic E-state index is 0.218. The molecule has 134 valence electrons. The third-order valence-corrected chi connectivity index (χ3v) is 6.04. The van der Waals surface area contributed by atoms with Crippen molar-refractivity contribution >= 4 is 16.0 Å². The van der Waals surface area contributed by atoms with Crippen LogP contribution in [-0.4, -0.2) is 69.1 Å². The maximum atomic E-state index is 13.0. The normalized spacial score (nSPS) is 15.9. The number of sulfonamides is 1. The number of rotatable bonds is 4. The van der Waals surface area contributed by atoms with Crippen LogP contribution in [0.1, 0.15) is 0 Å². The van der Waals surface area contributed by atoms with E-state index in [0.29, 0.717) is 37.8 Å². The van der Waals surface area contributed by atoms with Gasteiger partial charge in [-0.2, -0.15) is 4.31 Å². The Morgan fingerprint density at radius 3 is 2.42 bits per heavy atom. The average molecular weight is 372 g/mol. The zero-order valence-corrected chi connectivity index (χ0v) is 14.6. The molecule has 0 spiro atoms. The number of aromatic nitrogens is 6. The molecule has 1 aromatic carbocycles. The van der Waals surface area contributed by atoms with Crippen LogP contribution in [0.5, 0.6) is 0 Å². The lowest BCUT2D eigenvalue weighted by atomic mass is 10.3. The van der Waals surface area contributed by atoms with Gasteiger partial charge in [-0.25, -0.2) is 23.1 Å². The highest BCUT2D eigenvalue weighted by Crippen LogP contribution is 2.21. The number of benzene rings is 1. The molecule has 2 aromatic heterocycles. The number of hydrogen-bond acceptors (Lipinski definition) is 8. The molecule has 0 saturated carbocycles. The van der Waals surface area contributed by atoms with Crippen molar-refractivity contribution in [3.05, 3.63) is 49.1 Å². The van der Waals surface area contributed by atoms with Crippen LogP contribution in [0.4, 0.5) is 5.95 Å². The number of hydrogen-bond donors (Lipinski definition) is 0. The molecule has 10 nitrogen and oxygen atoms in total. The highest BCUT2D eigenvalue weighted by molar-refractivity contribution is 7.89. The predicted molar refractivity (Wildman–Crippen MR) is 92.2 cm³/mol. The molecule has 0 N–H and O–H groups in total. The molecule has 0 radical (unpaired) electrons. The Labute approximate surface area is 150 Å². The van der Waals surface area contributed by atoms with Crippen LogP contribution in [-0.2, 0) is 10.0 Å². The first-order valence-electron chi connectivity index (χ1n) is 8.00. The van der Waals surface area contributed by atoms with Gasteiger partial charge in [0.2, 0.25) is 16.0 Å². The van der Waals surface area contributed by atoms with E-state index in [1.165, 1.54) is 15.3 Å². The van der Waals surface area contributed by atoms with Crippen molar-refractivity contribution in [2.45, 2.75) is 4.90 Å². The Morgan fingerprint density at radius 2 is 1.73 bits per heavy atom. The van der Waals surface area contributed by atoms with Crippen molar-refractivity contribution in [2.75, 3.05) is 31.1 Å². The van der Waals surface area contributed by atoms with Crippen LogP contribution in [0.25, 0.3) is 5.69 Å². The Morgan fingerprint density at radius 1 is 0.962 bits per heavy atom. The summed E-state index contributed by atoms with van der Waals surface area (Å²) >= 11 is 0. The summed E-state index contributed by atoms with van der Waals surface area (Å²) in [6, 6.07) is 8.33. The van der Waals surface area contributed by atoms with Crippen molar-refractivity contribution in [1.82, 2.24) is 34.5 Å². The lowest BCUT2D eigenvalue weighted by Crippen LogP contribution is -2.49. The highest BCUT2D eigenvalue weighted by Gasteiger charge is 2.29. The predicted octanol–water partition coefficient (Wildman–Crippen LogP) is -0.0368. The molecule has 0 atom stereocenters. The van der Waals surface area contributed by atoms with Gasteiger partial charge >= 0.3 is 0 Å². The molecule has 26 heavy (non-hydrogen) atoms. The summed E-state index contributed by atoms with van der Waals surface area (Å²) in [6.07, 6.45) is 4.77.